The minimum absolute atomic E-state index is 0.295. The van der Waals surface area contributed by atoms with Crippen LogP contribution in [0.3, 0.4) is 0 Å². The van der Waals surface area contributed by atoms with Gasteiger partial charge in [-0.1, -0.05) is 6.07 Å². The van der Waals surface area contributed by atoms with Crippen molar-refractivity contribution in [3.05, 3.63) is 22.4 Å². The molecule has 2 rings (SSSR count). The van der Waals surface area contributed by atoms with Crippen LogP contribution < -0.4 is 0 Å². The third kappa shape index (κ3) is 1.26. The Morgan fingerprint density at radius 1 is 1.77 bits per heavy atom. The van der Waals surface area contributed by atoms with Crippen LogP contribution in [-0.2, 0) is 19.9 Å². The molecule has 1 saturated heterocycles. The molecule has 2 atom stereocenters. The van der Waals surface area contributed by atoms with Gasteiger partial charge in [0.15, 0.2) is 6.10 Å². The third-order valence-corrected chi connectivity index (χ3v) is 3.32. The Morgan fingerprint density at radius 2 is 2.54 bits per heavy atom. The number of esters is 1. The van der Waals surface area contributed by atoms with Gasteiger partial charge in [-0.2, -0.15) is 0 Å². The second-order valence-electron chi connectivity index (χ2n) is 3.11. The fourth-order valence-electron chi connectivity index (χ4n) is 1.34. The summed E-state index contributed by atoms with van der Waals surface area (Å²) >= 11 is 1.59. The predicted molar refractivity (Wildman–Crippen MR) is 48.6 cm³/mol. The number of carbonyl (C=O) groups is 1. The second kappa shape index (κ2) is 2.82. The van der Waals surface area contributed by atoms with E-state index in [1.54, 1.807) is 11.3 Å². The maximum atomic E-state index is 11.1. The minimum atomic E-state index is -0.443. The van der Waals surface area contributed by atoms with Gasteiger partial charge in [-0.05, 0) is 18.4 Å². The van der Waals surface area contributed by atoms with E-state index in [2.05, 4.69) is 4.74 Å². The summed E-state index contributed by atoms with van der Waals surface area (Å²) in [5.41, 5.74) is -0.443. The summed E-state index contributed by atoms with van der Waals surface area (Å²) < 4.78 is 9.95. The van der Waals surface area contributed by atoms with Crippen molar-refractivity contribution in [2.24, 2.45) is 0 Å². The molecule has 0 aliphatic carbocycles. The predicted octanol–water partition coefficient (Wildman–Crippen LogP) is 1.54. The van der Waals surface area contributed by atoms with Gasteiger partial charge in [-0.15, -0.1) is 11.3 Å². The molecule has 0 spiro atoms. The van der Waals surface area contributed by atoms with E-state index >= 15 is 0 Å². The number of methoxy groups -OCH3 is 1. The minimum Gasteiger partial charge on any atom is -0.467 e. The average Bonchev–Trinajstić information content (AvgIpc) is 2.64. The summed E-state index contributed by atoms with van der Waals surface area (Å²) in [7, 11) is 1.37. The van der Waals surface area contributed by atoms with Crippen molar-refractivity contribution in [2.75, 3.05) is 7.11 Å². The van der Waals surface area contributed by atoms with Gasteiger partial charge < -0.3 is 9.47 Å². The lowest BCUT2D eigenvalue weighted by Crippen LogP contribution is -2.16. The molecule has 0 aromatic carbocycles. The fourth-order valence-corrected chi connectivity index (χ4v) is 2.19. The summed E-state index contributed by atoms with van der Waals surface area (Å²) in [6.45, 7) is 1.90. The Balaban J connectivity index is 2.15. The molecule has 1 aromatic heterocycles. The Labute approximate surface area is 80.3 Å². The summed E-state index contributed by atoms with van der Waals surface area (Å²) in [6, 6.07) is 3.91. The molecule has 0 radical (unpaired) electrons. The number of hydrogen-bond donors (Lipinski definition) is 0. The molecule has 2 heterocycles. The molecule has 3 nitrogen and oxygen atoms in total. The molecular formula is C9H10O3S. The zero-order chi connectivity index (χ0) is 9.47. The average molecular weight is 198 g/mol. The number of epoxide rings is 1. The molecule has 1 aliphatic rings. The topological polar surface area (TPSA) is 38.8 Å². The van der Waals surface area contributed by atoms with Crippen LogP contribution in [0.15, 0.2) is 17.5 Å². The van der Waals surface area contributed by atoms with E-state index in [0.29, 0.717) is 0 Å². The van der Waals surface area contributed by atoms with E-state index in [1.807, 2.05) is 24.4 Å². The Hall–Kier alpha value is -0.870. The molecule has 1 fully saturated rings. The molecule has 4 heteroatoms. The van der Waals surface area contributed by atoms with Crippen molar-refractivity contribution < 1.29 is 14.3 Å². The van der Waals surface area contributed by atoms with Crippen molar-refractivity contribution >= 4 is 17.3 Å². The molecule has 0 amide bonds. The quantitative estimate of drug-likeness (QED) is 0.534. The summed E-state index contributed by atoms with van der Waals surface area (Å²) in [5, 5.41) is 1.97. The van der Waals surface area contributed by atoms with Gasteiger partial charge in [0.25, 0.3) is 0 Å². The van der Waals surface area contributed by atoms with E-state index < -0.39 is 11.7 Å². The number of thiophene rings is 1. The van der Waals surface area contributed by atoms with Crippen molar-refractivity contribution in [3.8, 4) is 0 Å². The van der Waals surface area contributed by atoms with Gasteiger partial charge in [-0.25, -0.2) is 4.79 Å². The molecule has 1 aromatic rings. The number of carbonyl (C=O) groups excluding carboxylic acids is 1. The van der Waals surface area contributed by atoms with Crippen LogP contribution in [0.25, 0.3) is 0 Å². The van der Waals surface area contributed by atoms with Crippen LogP contribution in [0.2, 0.25) is 0 Å². The third-order valence-electron chi connectivity index (χ3n) is 2.23. The summed E-state index contributed by atoms with van der Waals surface area (Å²) in [6.07, 6.45) is -0.420. The van der Waals surface area contributed by atoms with Gasteiger partial charge in [0, 0.05) is 4.88 Å². The summed E-state index contributed by atoms with van der Waals surface area (Å²) in [4.78, 5) is 12.2. The van der Waals surface area contributed by atoms with Crippen molar-refractivity contribution in [1.82, 2.24) is 0 Å². The SMILES string of the molecule is COC(=O)C1OC1(C)c1cccs1. The van der Waals surface area contributed by atoms with Crippen LogP contribution in [0.1, 0.15) is 11.8 Å². The van der Waals surface area contributed by atoms with Crippen LogP contribution in [0.5, 0.6) is 0 Å². The molecule has 0 bridgehead atoms. The lowest BCUT2D eigenvalue weighted by molar-refractivity contribution is -0.142. The smallest absolute Gasteiger partial charge is 0.338 e. The standard InChI is InChI=1S/C9H10O3S/c1-9(6-4-3-5-13-6)7(12-9)8(10)11-2/h3-5,7H,1-2H3. The van der Waals surface area contributed by atoms with E-state index in [0.717, 1.165) is 4.88 Å². The zero-order valence-electron chi connectivity index (χ0n) is 7.44. The first-order valence-corrected chi connectivity index (χ1v) is 4.86. The highest BCUT2D eigenvalue weighted by Crippen LogP contribution is 2.48. The first-order chi connectivity index (χ1) is 6.18. The first-order valence-electron chi connectivity index (χ1n) is 3.98. The zero-order valence-corrected chi connectivity index (χ0v) is 8.26. The van der Waals surface area contributed by atoms with Crippen molar-refractivity contribution in [2.45, 2.75) is 18.6 Å². The molecule has 70 valence electrons. The molecule has 0 N–H and O–H groups in total. The van der Waals surface area contributed by atoms with Gasteiger partial charge in [0.05, 0.1) is 7.11 Å². The normalized spacial score (nSPS) is 31.4. The number of hydrogen-bond acceptors (Lipinski definition) is 4. The van der Waals surface area contributed by atoms with Crippen LogP contribution in [-0.4, -0.2) is 19.2 Å². The molecular weight excluding hydrogens is 188 g/mol. The molecule has 1 aliphatic heterocycles. The van der Waals surface area contributed by atoms with E-state index in [1.165, 1.54) is 7.11 Å². The van der Waals surface area contributed by atoms with Crippen LogP contribution in [0, 0.1) is 0 Å². The molecule has 0 saturated carbocycles. The van der Waals surface area contributed by atoms with Crippen molar-refractivity contribution in [1.29, 1.82) is 0 Å². The Bertz CT molecular complexity index is 320. The monoisotopic (exact) mass is 198 g/mol. The Morgan fingerprint density at radius 3 is 3.08 bits per heavy atom. The lowest BCUT2D eigenvalue weighted by Gasteiger charge is -2.00. The molecule has 2 unspecified atom stereocenters. The highest BCUT2D eigenvalue weighted by molar-refractivity contribution is 7.10. The van der Waals surface area contributed by atoms with Crippen LogP contribution >= 0.6 is 11.3 Å². The number of ether oxygens (including phenoxy) is 2. The van der Waals surface area contributed by atoms with E-state index in [9.17, 15) is 4.79 Å². The van der Waals surface area contributed by atoms with Gasteiger partial charge in [0.2, 0.25) is 0 Å². The van der Waals surface area contributed by atoms with E-state index in [4.69, 9.17) is 4.74 Å². The maximum absolute atomic E-state index is 11.1. The van der Waals surface area contributed by atoms with Crippen molar-refractivity contribution in [3.63, 3.8) is 0 Å². The maximum Gasteiger partial charge on any atom is 0.338 e. The van der Waals surface area contributed by atoms with E-state index in [-0.39, 0.29) is 5.97 Å². The highest BCUT2D eigenvalue weighted by atomic mass is 32.1. The van der Waals surface area contributed by atoms with Crippen LogP contribution in [0.4, 0.5) is 0 Å². The Kier molecular flexibility index (Phi) is 1.89. The first kappa shape index (κ1) is 8.72. The number of rotatable bonds is 2. The fraction of sp³-hybridized carbons (Fsp3) is 0.444. The van der Waals surface area contributed by atoms with Gasteiger partial charge in [-0.3, -0.25) is 0 Å². The highest BCUT2D eigenvalue weighted by Gasteiger charge is 2.59. The van der Waals surface area contributed by atoms with Gasteiger partial charge in [0.1, 0.15) is 5.60 Å². The summed E-state index contributed by atoms with van der Waals surface area (Å²) in [5.74, 6) is -0.295. The largest absolute Gasteiger partial charge is 0.467 e. The lowest BCUT2D eigenvalue weighted by atomic mass is 10.1. The second-order valence-corrected chi connectivity index (χ2v) is 4.05. The molecule has 13 heavy (non-hydrogen) atoms. The van der Waals surface area contributed by atoms with Gasteiger partial charge >= 0.3 is 5.97 Å².